The van der Waals surface area contributed by atoms with E-state index in [9.17, 15) is 14.4 Å². The highest BCUT2D eigenvalue weighted by Gasteiger charge is 2.48. The van der Waals surface area contributed by atoms with Gasteiger partial charge in [0.25, 0.3) is 0 Å². The molecule has 0 aromatic rings. The number of barbiturate groups is 1. The van der Waals surface area contributed by atoms with Crippen molar-refractivity contribution in [3.8, 4) is 0 Å². The molecule has 0 bridgehead atoms. The Hall–Kier alpha value is -1.91. The van der Waals surface area contributed by atoms with Gasteiger partial charge in [-0.3, -0.25) is 20.2 Å². The minimum atomic E-state index is -1.22. The number of imide groups is 2. The summed E-state index contributed by atoms with van der Waals surface area (Å²) in [5.41, 5.74) is -1.22. The molecular weight excluding hydrogens is 220 g/mol. The molecule has 0 saturated carbocycles. The second-order valence-corrected chi connectivity index (χ2v) is 3.87. The zero-order valence-electron chi connectivity index (χ0n) is 9.95. The van der Waals surface area contributed by atoms with Crippen LogP contribution in [0.4, 0.5) is 4.79 Å². The van der Waals surface area contributed by atoms with Gasteiger partial charge >= 0.3 is 6.03 Å². The standard InChI is InChI=1S/C12H16N2O3/c1-3-5-7-12(8-6-4-2)9(15)13-11(17)14-10(12)16/h3-6H,7-8H2,1-2H3,(H2,13,14,15,16,17)/b5-3+,6-4+. The Morgan fingerprint density at radius 3 is 1.71 bits per heavy atom. The van der Waals surface area contributed by atoms with Crippen molar-refractivity contribution in [1.29, 1.82) is 0 Å². The van der Waals surface area contributed by atoms with E-state index in [2.05, 4.69) is 10.6 Å². The number of hydrogen-bond donors (Lipinski definition) is 2. The first-order valence-corrected chi connectivity index (χ1v) is 5.46. The Morgan fingerprint density at radius 1 is 0.941 bits per heavy atom. The first-order chi connectivity index (χ1) is 8.06. The van der Waals surface area contributed by atoms with E-state index < -0.39 is 23.3 Å². The minimum Gasteiger partial charge on any atom is -0.277 e. The molecule has 5 nitrogen and oxygen atoms in total. The number of amides is 4. The van der Waals surface area contributed by atoms with Crippen LogP contribution in [0.1, 0.15) is 26.7 Å². The van der Waals surface area contributed by atoms with Gasteiger partial charge in [-0.25, -0.2) is 4.79 Å². The lowest BCUT2D eigenvalue weighted by Gasteiger charge is -2.32. The number of urea groups is 1. The first kappa shape index (κ1) is 13.2. The predicted octanol–water partition coefficient (Wildman–Crippen LogP) is 1.27. The topological polar surface area (TPSA) is 75.3 Å². The van der Waals surface area contributed by atoms with Gasteiger partial charge in [0.2, 0.25) is 11.8 Å². The van der Waals surface area contributed by atoms with Crippen molar-refractivity contribution in [2.75, 3.05) is 0 Å². The van der Waals surface area contributed by atoms with E-state index in [4.69, 9.17) is 0 Å². The van der Waals surface area contributed by atoms with Gasteiger partial charge < -0.3 is 0 Å². The normalized spacial score (nSPS) is 19.8. The van der Waals surface area contributed by atoms with Crippen molar-refractivity contribution >= 4 is 17.8 Å². The monoisotopic (exact) mass is 236 g/mol. The van der Waals surface area contributed by atoms with Crippen molar-refractivity contribution in [2.24, 2.45) is 5.41 Å². The summed E-state index contributed by atoms with van der Waals surface area (Å²) in [6, 6.07) is -0.753. The van der Waals surface area contributed by atoms with Gasteiger partial charge in [0.05, 0.1) is 0 Å². The van der Waals surface area contributed by atoms with E-state index in [0.717, 1.165) is 0 Å². The van der Waals surface area contributed by atoms with Crippen LogP contribution < -0.4 is 10.6 Å². The number of nitrogens with one attached hydrogen (secondary N) is 2. The fraction of sp³-hybridized carbons (Fsp3) is 0.417. The quantitative estimate of drug-likeness (QED) is 0.570. The maximum Gasteiger partial charge on any atom is 0.328 e. The average Bonchev–Trinajstić information content (AvgIpc) is 2.27. The highest BCUT2D eigenvalue weighted by Crippen LogP contribution is 2.30. The molecule has 1 heterocycles. The van der Waals surface area contributed by atoms with Crippen LogP contribution in [0.5, 0.6) is 0 Å². The summed E-state index contributed by atoms with van der Waals surface area (Å²) in [5, 5.41) is 4.28. The molecule has 0 aromatic heterocycles. The fourth-order valence-electron chi connectivity index (χ4n) is 1.67. The molecule has 1 fully saturated rings. The van der Waals surface area contributed by atoms with Gasteiger partial charge in [-0.15, -0.1) is 0 Å². The van der Waals surface area contributed by atoms with Crippen LogP contribution in [-0.2, 0) is 9.59 Å². The summed E-state index contributed by atoms with van der Waals surface area (Å²) < 4.78 is 0. The van der Waals surface area contributed by atoms with E-state index in [1.54, 1.807) is 24.3 Å². The zero-order valence-corrected chi connectivity index (χ0v) is 9.95. The molecule has 0 unspecified atom stereocenters. The molecule has 2 N–H and O–H groups in total. The van der Waals surface area contributed by atoms with Crippen LogP contribution in [0.2, 0.25) is 0 Å². The largest absolute Gasteiger partial charge is 0.328 e. The Kier molecular flexibility index (Phi) is 4.20. The molecule has 4 amide bonds. The summed E-state index contributed by atoms with van der Waals surface area (Å²) >= 11 is 0. The summed E-state index contributed by atoms with van der Waals surface area (Å²) in [6.45, 7) is 3.63. The van der Waals surface area contributed by atoms with Gasteiger partial charge in [-0.1, -0.05) is 24.3 Å². The number of rotatable bonds is 4. The average molecular weight is 236 g/mol. The Labute approximate surface area is 100.0 Å². The van der Waals surface area contributed by atoms with E-state index in [-0.39, 0.29) is 12.8 Å². The van der Waals surface area contributed by atoms with Crippen LogP contribution in [0, 0.1) is 5.41 Å². The van der Waals surface area contributed by atoms with Crippen LogP contribution in [-0.4, -0.2) is 17.8 Å². The third-order valence-corrected chi connectivity index (χ3v) is 2.73. The predicted molar refractivity (Wildman–Crippen MR) is 63.0 cm³/mol. The fourth-order valence-corrected chi connectivity index (χ4v) is 1.67. The van der Waals surface area contributed by atoms with E-state index >= 15 is 0 Å². The van der Waals surface area contributed by atoms with Crippen molar-refractivity contribution in [3.63, 3.8) is 0 Å². The molecule has 92 valence electrons. The second-order valence-electron chi connectivity index (χ2n) is 3.87. The lowest BCUT2D eigenvalue weighted by molar-refractivity contribution is -0.144. The summed E-state index contributed by atoms with van der Waals surface area (Å²) in [4.78, 5) is 34.8. The molecule has 1 rings (SSSR count). The van der Waals surface area contributed by atoms with Crippen LogP contribution in [0.3, 0.4) is 0 Å². The van der Waals surface area contributed by atoms with Crippen molar-refractivity contribution < 1.29 is 14.4 Å². The van der Waals surface area contributed by atoms with Crippen LogP contribution in [0.25, 0.3) is 0 Å². The maximum absolute atomic E-state index is 11.9. The molecule has 5 heteroatoms. The van der Waals surface area contributed by atoms with Gasteiger partial charge in [0.1, 0.15) is 5.41 Å². The molecule has 0 spiro atoms. The van der Waals surface area contributed by atoms with Crippen molar-refractivity contribution in [2.45, 2.75) is 26.7 Å². The summed E-state index contributed by atoms with van der Waals surface area (Å²) in [7, 11) is 0. The van der Waals surface area contributed by atoms with Gasteiger partial charge in [0, 0.05) is 0 Å². The van der Waals surface area contributed by atoms with Crippen LogP contribution in [0.15, 0.2) is 24.3 Å². The Balaban J connectivity index is 3.05. The molecule has 0 aliphatic carbocycles. The summed E-state index contributed by atoms with van der Waals surface area (Å²) in [6.07, 6.45) is 7.59. The molecule has 1 saturated heterocycles. The SMILES string of the molecule is C/C=C/CC1(C/C=C/C)C(=O)NC(=O)NC1=O. The lowest BCUT2D eigenvalue weighted by Crippen LogP contribution is -2.62. The maximum atomic E-state index is 11.9. The number of allylic oxidation sites excluding steroid dienone is 4. The molecule has 1 aliphatic heterocycles. The van der Waals surface area contributed by atoms with Gasteiger partial charge in [0.15, 0.2) is 0 Å². The van der Waals surface area contributed by atoms with Crippen LogP contribution >= 0.6 is 0 Å². The highest BCUT2D eigenvalue weighted by molar-refractivity contribution is 6.19. The molecule has 0 atom stereocenters. The smallest absolute Gasteiger partial charge is 0.277 e. The Morgan fingerprint density at radius 2 is 1.35 bits per heavy atom. The van der Waals surface area contributed by atoms with E-state index in [1.165, 1.54) is 0 Å². The van der Waals surface area contributed by atoms with E-state index in [0.29, 0.717) is 0 Å². The van der Waals surface area contributed by atoms with Gasteiger partial charge in [-0.2, -0.15) is 0 Å². The zero-order chi connectivity index (χ0) is 12.9. The molecule has 1 aliphatic rings. The lowest BCUT2D eigenvalue weighted by atomic mass is 9.78. The highest BCUT2D eigenvalue weighted by atomic mass is 16.2. The third-order valence-electron chi connectivity index (χ3n) is 2.73. The first-order valence-electron chi connectivity index (χ1n) is 5.46. The van der Waals surface area contributed by atoms with Crippen molar-refractivity contribution in [1.82, 2.24) is 10.6 Å². The number of carbonyl (C=O) groups excluding carboxylic acids is 3. The molecule has 0 aromatic carbocycles. The molecule has 0 radical (unpaired) electrons. The molecule has 17 heavy (non-hydrogen) atoms. The molecular formula is C12H16N2O3. The third kappa shape index (κ3) is 2.61. The number of hydrogen-bond acceptors (Lipinski definition) is 3. The van der Waals surface area contributed by atoms with Crippen molar-refractivity contribution in [3.05, 3.63) is 24.3 Å². The van der Waals surface area contributed by atoms with Gasteiger partial charge in [-0.05, 0) is 26.7 Å². The Bertz CT molecular complexity index is 361. The number of carbonyl (C=O) groups is 3. The second kappa shape index (κ2) is 5.43. The van der Waals surface area contributed by atoms with E-state index in [1.807, 2.05) is 13.8 Å². The summed E-state index contributed by atoms with van der Waals surface area (Å²) in [5.74, 6) is -1.08. The minimum absolute atomic E-state index is 0.277.